The fourth-order valence-electron chi connectivity index (χ4n) is 3.47. The van der Waals surface area contributed by atoms with Gasteiger partial charge < -0.3 is 15.4 Å². The van der Waals surface area contributed by atoms with Crippen molar-refractivity contribution >= 4 is 71.9 Å². The average molecular weight is 600 g/mol. The van der Waals surface area contributed by atoms with Gasteiger partial charge in [0.1, 0.15) is 11.4 Å². The van der Waals surface area contributed by atoms with E-state index < -0.39 is 17.7 Å². The number of carbonyl (C=O) groups is 3. The molecule has 1 aromatic heterocycles. The number of para-hydroxylation sites is 2. The van der Waals surface area contributed by atoms with Crippen molar-refractivity contribution in [3.63, 3.8) is 0 Å². The van der Waals surface area contributed by atoms with Crippen molar-refractivity contribution in [2.24, 2.45) is 0 Å². The Bertz CT molecular complexity index is 1470. The van der Waals surface area contributed by atoms with E-state index in [9.17, 15) is 14.4 Å². The first-order valence-electron chi connectivity index (χ1n) is 10.4. The normalized spacial score (nSPS) is 10.6. The lowest BCUT2D eigenvalue weighted by Gasteiger charge is -2.14. The van der Waals surface area contributed by atoms with Gasteiger partial charge in [-0.25, -0.2) is 4.68 Å². The fourth-order valence-corrected chi connectivity index (χ4v) is 4.10. The highest BCUT2D eigenvalue weighted by Gasteiger charge is 2.22. The third kappa shape index (κ3) is 5.39. The van der Waals surface area contributed by atoms with Crippen LogP contribution in [0.3, 0.4) is 0 Å². The molecule has 0 saturated heterocycles. The second-order valence-electron chi connectivity index (χ2n) is 7.58. The highest BCUT2D eigenvalue weighted by Crippen LogP contribution is 2.26. The van der Waals surface area contributed by atoms with Crippen LogP contribution in [0.5, 0.6) is 5.75 Å². The molecule has 0 aliphatic heterocycles. The zero-order chi connectivity index (χ0) is 25.1. The van der Waals surface area contributed by atoms with E-state index >= 15 is 0 Å². The largest absolute Gasteiger partial charge is 0.495 e. The lowest BCUT2D eigenvalue weighted by atomic mass is 10.2. The maximum atomic E-state index is 13.2. The zero-order valence-electron chi connectivity index (χ0n) is 18.7. The number of anilines is 2. The Hall–Kier alpha value is -3.63. The number of rotatable bonds is 5. The Labute approximate surface area is 217 Å². The Morgan fingerprint density at radius 2 is 1.66 bits per heavy atom. The molecule has 4 rings (SSSR count). The first kappa shape index (κ1) is 24.5. The number of aromatic nitrogens is 1. The predicted octanol–water partition coefficient (Wildman–Crippen LogP) is 5.44. The number of amides is 3. The Kier molecular flexibility index (Phi) is 7.23. The van der Waals surface area contributed by atoms with Gasteiger partial charge in [0.15, 0.2) is 0 Å². The highest BCUT2D eigenvalue weighted by molar-refractivity contribution is 9.10. The van der Waals surface area contributed by atoms with Gasteiger partial charge in [-0.2, -0.15) is 0 Å². The van der Waals surface area contributed by atoms with Crippen LogP contribution in [0, 0.1) is 6.92 Å². The number of hydrogen-bond acceptors (Lipinski definition) is 4. The van der Waals surface area contributed by atoms with Gasteiger partial charge in [-0.1, -0.05) is 44.0 Å². The molecule has 0 atom stereocenters. The van der Waals surface area contributed by atoms with Crippen molar-refractivity contribution in [3.8, 4) is 5.75 Å². The molecule has 0 spiro atoms. The van der Waals surface area contributed by atoms with Crippen LogP contribution >= 0.6 is 31.9 Å². The number of fused-ring (bicyclic) bond motifs is 1. The Balaban J connectivity index is 1.63. The number of methoxy groups -OCH3 is 1. The van der Waals surface area contributed by atoms with Crippen LogP contribution in [0.2, 0.25) is 0 Å². The van der Waals surface area contributed by atoms with Gasteiger partial charge in [0.2, 0.25) is 0 Å². The summed E-state index contributed by atoms with van der Waals surface area (Å²) < 4.78 is 8.23. The van der Waals surface area contributed by atoms with Crippen molar-refractivity contribution in [1.82, 2.24) is 4.68 Å². The van der Waals surface area contributed by atoms with Gasteiger partial charge in [0.25, 0.3) is 5.91 Å². The molecule has 178 valence electrons. The molecule has 35 heavy (non-hydrogen) atoms. The molecular formula is C25H20Br2N4O4. The third-order valence-electron chi connectivity index (χ3n) is 5.19. The van der Waals surface area contributed by atoms with E-state index in [4.69, 9.17) is 4.74 Å². The lowest BCUT2D eigenvalue weighted by molar-refractivity contribution is -0.133. The van der Waals surface area contributed by atoms with Crippen LogP contribution in [0.4, 0.5) is 11.4 Å². The number of ether oxygens (including phenoxy) is 1. The Morgan fingerprint density at radius 1 is 0.886 bits per heavy atom. The minimum atomic E-state index is -0.954. The predicted molar refractivity (Wildman–Crippen MR) is 142 cm³/mol. The van der Waals surface area contributed by atoms with Gasteiger partial charge in [-0.05, 0) is 67.1 Å². The van der Waals surface area contributed by atoms with Gasteiger partial charge in [0, 0.05) is 20.0 Å². The van der Waals surface area contributed by atoms with E-state index in [0.29, 0.717) is 28.0 Å². The quantitative estimate of drug-likeness (QED) is 0.266. The van der Waals surface area contributed by atoms with E-state index in [1.807, 2.05) is 25.1 Å². The monoisotopic (exact) mass is 598 g/mol. The molecule has 10 heteroatoms. The molecule has 3 aromatic carbocycles. The van der Waals surface area contributed by atoms with E-state index in [1.165, 1.54) is 11.8 Å². The molecule has 1 heterocycles. The third-order valence-corrected chi connectivity index (χ3v) is 6.57. The maximum absolute atomic E-state index is 13.2. The van der Waals surface area contributed by atoms with Crippen molar-refractivity contribution in [2.45, 2.75) is 6.92 Å². The molecule has 0 fully saturated rings. The molecule has 0 radical (unpaired) electrons. The zero-order valence-corrected chi connectivity index (χ0v) is 21.9. The van der Waals surface area contributed by atoms with E-state index in [0.717, 1.165) is 14.5 Å². The highest BCUT2D eigenvalue weighted by atomic mass is 79.9. The summed E-state index contributed by atoms with van der Waals surface area (Å²) in [5.74, 6) is -1.91. The van der Waals surface area contributed by atoms with Crippen LogP contribution in [-0.4, -0.2) is 29.5 Å². The van der Waals surface area contributed by atoms with Crippen LogP contribution in [0.15, 0.2) is 75.7 Å². The second-order valence-corrected chi connectivity index (χ2v) is 9.35. The molecule has 3 amide bonds. The smallest absolute Gasteiger partial charge is 0.328 e. The number of benzene rings is 3. The summed E-state index contributed by atoms with van der Waals surface area (Å²) >= 11 is 6.86. The number of aryl methyl sites for hydroxylation is 1. The van der Waals surface area contributed by atoms with Crippen molar-refractivity contribution < 1.29 is 19.1 Å². The first-order valence-corrected chi connectivity index (χ1v) is 12.0. The van der Waals surface area contributed by atoms with E-state index in [1.54, 1.807) is 48.5 Å². The average Bonchev–Trinajstić information content (AvgIpc) is 3.19. The summed E-state index contributed by atoms with van der Waals surface area (Å²) in [6, 6.07) is 19.1. The molecule has 4 aromatic rings. The number of nitrogens with zero attached hydrogens (tertiary/aromatic N) is 1. The molecule has 8 nitrogen and oxygen atoms in total. The van der Waals surface area contributed by atoms with Crippen molar-refractivity contribution in [3.05, 3.63) is 86.9 Å². The maximum Gasteiger partial charge on any atom is 0.328 e. The molecule has 0 bridgehead atoms. The Morgan fingerprint density at radius 3 is 2.40 bits per heavy atom. The van der Waals surface area contributed by atoms with Crippen LogP contribution < -0.4 is 20.8 Å². The summed E-state index contributed by atoms with van der Waals surface area (Å²) in [5.41, 5.74) is 5.13. The van der Waals surface area contributed by atoms with Gasteiger partial charge in [-0.15, -0.1) is 0 Å². The first-order chi connectivity index (χ1) is 16.8. The van der Waals surface area contributed by atoms with E-state index in [-0.39, 0.29) is 5.69 Å². The van der Waals surface area contributed by atoms with Crippen LogP contribution in [-0.2, 0) is 9.59 Å². The lowest BCUT2D eigenvalue weighted by Crippen LogP contribution is -2.36. The fraction of sp³-hybridized carbons (Fsp3) is 0.0800. The van der Waals surface area contributed by atoms with Gasteiger partial charge >= 0.3 is 11.8 Å². The topological polar surface area (TPSA) is 101 Å². The molecule has 3 N–H and O–H groups in total. The summed E-state index contributed by atoms with van der Waals surface area (Å²) in [6.45, 7) is 1.91. The van der Waals surface area contributed by atoms with Gasteiger partial charge in [0.05, 0.1) is 18.3 Å². The van der Waals surface area contributed by atoms with E-state index in [2.05, 4.69) is 47.9 Å². The van der Waals surface area contributed by atoms with Crippen LogP contribution in [0.25, 0.3) is 10.9 Å². The number of hydrogen-bond donors (Lipinski definition) is 3. The minimum absolute atomic E-state index is 0.150. The molecule has 0 aliphatic carbocycles. The minimum Gasteiger partial charge on any atom is -0.495 e. The number of nitrogens with one attached hydrogen (secondary N) is 3. The van der Waals surface area contributed by atoms with Crippen LogP contribution in [0.1, 0.15) is 16.1 Å². The number of halogens is 2. The van der Waals surface area contributed by atoms with Crippen molar-refractivity contribution in [2.75, 3.05) is 23.2 Å². The molecule has 0 aliphatic rings. The molecular weight excluding hydrogens is 580 g/mol. The number of carbonyl (C=O) groups excluding carboxylic acids is 3. The summed E-state index contributed by atoms with van der Waals surface area (Å²) in [7, 11) is 1.47. The second kappa shape index (κ2) is 10.3. The van der Waals surface area contributed by atoms with Gasteiger partial charge in [-0.3, -0.25) is 19.8 Å². The SMILES string of the molecule is COc1ccccc1NC(=O)C(=O)Nn1c(C(=O)Nc2ccc(Br)c(C)c2)cc2cc(Br)ccc21. The van der Waals surface area contributed by atoms with Crippen molar-refractivity contribution in [1.29, 1.82) is 0 Å². The summed E-state index contributed by atoms with van der Waals surface area (Å²) in [4.78, 5) is 38.6. The molecule has 0 unspecified atom stereocenters. The summed E-state index contributed by atoms with van der Waals surface area (Å²) in [5, 5.41) is 6.06. The standard InChI is InChI=1S/C25H20Br2N4O4/c1-14-11-17(8-9-18(14)27)28-23(32)21-13-15-12-16(26)7-10-20(15)31(21)30-25(34)24(33)29-19-5-3-4-6-22(19)35-2/h3-13H,1-2H3,(H,28,32)(H,29,33)(H,30,34). The molecule has 0 saturated carbocycles. The summed E-state index contributed by atoms with van der Waals surface area (Å²) in [6.07, 6.45) is 0.